The Morgan fingerprint density at radius 3 is 2.61 bits per heavy atom. The van der Waals surface area contributed by atoms with Crippen molar-refractivity contribution in [3.05, 3.63) is 57.6 Å². The van der Waals surface area contributed by atoms with Crippen molar-refractivity contribution in [3.63, 3.8) is 0 Å². The van der Waals surface area contributed by atoms with Crippen molar-refractivity contribution in [2.45, 2.75) is 18.7 Å². The molecule has 0 aliphatic rings. The monoisotopic (exact) mass is 396 g/mol. The SMILES string of the molecule is COc1ccc(Br)cc1/C=N\NS(=O)(=O)c1cc(C)ccc1C. The molecule has 2 aromatic carbocycles. The molecule has 0 radical (unpaired) electrons. The van der Waals surface area contributed by atoms with E-state index >= 15 is 0 Å². The van der Waals surface area contributed by atoms with Crippen LogP contribution in [0, 0.1) is 13.8 Å². The van der Waals surface area contributed by atoms with Crippen LogP contribution in [0.15, 0.2) is 50.9 Å². The molecule has 0 atom stereocenters. The molecule has 0 bridgehead atoms. The highest BCUT2D eigenvalue weighted by Gasteiger charge is 2.15. The number of ether oxygens (including phenoxy) is 1. The number of nitrogens with one attached hydrogen (secondary N) is 1. The van der Waals surface area contributed by atoms with Crippen molar-refractivity contribution in [2.75, 3.05) is 7.11 Å². The predicted molar refractivity (Wildman–Crippen MR) is 94.5 cm³/mol. The van der Waals surface area contributed by atoms with Gasteiger partial charge in [-0.05, 0) is 49.2 Å². The van der Waals surface area contributed by atoms with E-state index in [2.05, 4.69) is 25.9 Å². The largest absolute Gasteiger partial charge is 0.496 e. The first-order valence-electron chi connectivity index (χ1n) is 6.79. The van der Waals surface area contributed by atoms with E-state index in [0.717, 1.165) is 10.0 Å². The summed E-state index contributed by atoms with van der Waals surface area (Å²) in [5.74, 6) is 0.600. The molecule has 0 saturated carbocycles. The number of aryl methyl sites for hydroxylation is 2. The molecule has 0 saturated heterocycles. The van der Waals surface area contributed by atoms with E-state index in [1.165, 1.54) is 6.21 Å². The van der Waals surface area contributed by atoms with E-state index in [1.807, 2.05) is 19.1 Å². The quantitative estimate of drug-likeness (QED) is 0.621. The third-order valence-corrected chi connectivity index (χ3v) is 5.06. The van der Waals surface area contributed by atoms with Gasteiger partial charge in [-0.2, -0.15) is 13.5 Å². The summed E-state index contributed by atoms with van der Waals surface area (Å²) in [4.78, 5) is 2.45. The molecule has 0 aromatic heterocycles. The molecule has 0 aliphatic carbocycles. The van der Waals surface area contributed by atoms with Crippen LogP contribution in [-0.4, -0.2) is 21.7 Å². The van der Waals surface area contributed by atoms with Crippen LogP contribution in [0.2, 0.25) is 0 Å². The zero-order valence-corrected chi connectivity index (χ0v) is 15.4. The highest BCUT2D eigenvalue weighted by atomic mass is 79.9. The van der Waals surface area contributed by atoms with Crippen LogP contribution >= 0.6 is 15.9 Å². The summed E-state index contributed by atoms with van der Waals surface area (Å²) in [6.45, 7) is 3.59. The maximum absolute atomic E-state index is 12.4. The van der Waals surface area contributed by atoms with Gasteiger partial charge in [-0.3, -0.25) is 0 Å². The molecular weight excluding hydrogens is 380 g/mol. The first kappa shape index (κ1) is 17.5. The van der Waals surface area contributed by atoms with Gasteiger partial charge in [0.1, 0.15) is 5.75 Å². The molecule has 2 rings (SSSR count). The molecule has 5 nitrogen and oxygen atoms in total. The molecule has 2 aromatic rings. The number of hydrazone groups is 1. The third kappa shape index (κ3) is 4.33. The van der Waals surface area contributed by atoms with E-state index in [9.17, 15) is 8.42 Å². The van der Waals surface area contributed by atoms with Crippen molar-refractivity contribution in [3.8, 4) is 5.75 Å². The summed E-state index contributed by atoms with van der Waals surface area (Å²) in [6.07, 6.45) is 1.41. The Labute approximate surface area is 144 Å². The number of methoxy groups -OCH3 is 1. The zero-order chi connectivity index (χ0) is 17.0. The van der Waals surface area contributed by atoms with Gasteiger partial charge in [0.2, 0.25) is 0 Å². The Balaban J connectivity index is 2.26. The minimum atomic E-state index is -3.71. The molecule has 0 spiro atoms. The minimum Gasteiger partial charge on any atom is -0.496 e. The van der Waals surface area contributed by atoms with Gasteiger partial charge >= 0.3 is 0 Å². The lowest BCUT2D eigenvalue weighted by molar-refractivity contribution is 0.414. The smallest absolute Gasteiger partial charge is 0.276 e. The molecule has 23 heavy (non-hydrogen) atoms. The topological polar surface area (TPSA) is 67.8 Å². The average Bonchev–Trinajstić information content (AvgIpc) is 2.49. The summed E-state index contributed by atoms with van der Waals surface area (Å²) < 4.78 is 30.8. The standard InChI is InChI=1S/C16H17BrN2O3S/c1-11-4-5-12(2)16(8-11)23(20,21)19-18-10-13-9-14(17)6-7-15(13)22-3/h4-10,19H,1-3H3/b18-10-. The van der Waals surface area contributed by atoms with Crippen LogP contribution in [0.4, 0.5) is 0 Å². The summed E-state index contributed by atoms with van der Waals surface area (Å²) in [7, 11) is -2.17. The highest BCUT2D eigenvalue weighted by Crippen LogP contribution is 2.21. The highest BCUT2D eigenvalue weighted by molar-refractivity contribution is 9.10. The van der Waals surface area contributed by atoms with E-state index in [-0.39, 0.29) is 4.90 Å². The molecule has 7 heteroatoms. The van der Waals surface area contributed by atoms with Crippen LogP contribution in [0.5, 0.6) is 5.75 Å². The average molecular weight is 397 g/mol. The number of sulfonamides is 1. The van der Waals surface area contributed by atoms with Crippen molar-refractivity contribution >= 4 is 32.2 Å². The maximum Gasteiger partial charge on any atom is 0.276 e. The van der Waals surface area contributed by atoms with Gasteiger partial charge in [-0.15, -0.1) is 0 Å². The molecule has 1 N–H and O–H groups in total. The lowest BCUT2D eigenvalue weighted by Crippen LogP contribution is -2.19. The van der Waals surface area contributed by atoms with Gasteiger partial charge < -0.3 is 4.74 Å². The second-order valence-electron chi connectivity index (χ2n) is 5.01. The molecule has 0 heterocycles. The molecule has 0 aliphatic heterocycles. The molecule has 0 fully saturated rings. The maximum atomic E-state index is 12.4. The Morgan fingerprint density at radius 1 is 1.17 bits per heavy atom. The number of rotatable bonds is 5. The summed E-state index contributed by atoms with van der Waals surface area (Å²) in [6, 6.07) is 10.6. The fourth-order valence-electron chi connectivity index (χ4n) is 2.02. The van der Waals surface area contributed by atoms with Crippen LogP contribution in [0.1, 0.15) is 16.7 Å². The van der Waals surface area contributed by atoms with E-state index in [1.54, 1.807) is 38.3 Å². The fraction of sp³-hybridized carbons (Fsp3) is 0.188. The van der Waals surface area contributed by atoms with Gasteiger partial charge in [0.25, 0.3) is 10.0 Å². The second kappa shape index (κ2) is 7.14. The van der Waals surface area contributed by atoms with Gasteiger partial charge in [-0.25, -0.2) is 4.83 Å². The van der Waals surface area contributed by atoms with Crippen LogP contribution in [-0.2, 0) is 10.0 Å². The number of nitrogens with zero attached hydrogens (tertiary/aromatic N) is 1. The minimum absolute atomic E-state index is 0.218. The molecule has 122 valence electrons. The van der Waals surface area contributed by atoms with Crippen molar-refractivity contribution in [1.29, 1.82) is 0 Å². The van der Waals surface area contributed by atoms with Crippen LogP contribution in [0.25, 0.3) is 0 Å². The first-order chi connectivity index (χ1) is 10.8. The summed E-state index contributed by atoms with van der Waals surface area (Å²) >= 11 is 3.36. The summed E-state index contributed by atoms with van der Waals surface area (Å²) in [5, 5.41) is 3.85. The Kier molecular flexibility index (Phi) is 5.43. The fourth-order valence-corrected chi connectivity index (χ4v) is 3.52. The van der Waals surface area contributed by atoms with E-state index in [0.29, 0.717) is 16.9 Å². The van der Waals surface area contributed by atoms with E-state index in [4.69, 9.17) is 4.74 Å². The second-order valence-corrected chi connectivity index (χ2v) is 7.55. The van der Waals surface area contributed by atoms with Crippen molar-refractivity contribution in [2.24, 2.45) is 5.10 Å². The number of hydrogen-bond acceptors (Lipinski definition) is 4. The Morgan fingerprint density at radius 2 is 1.91 bits per heavy atom. The van der Waals surface area contributed by atoms with Gasteiger partial charge in [-0.1, -0.05) is 28.1 Å². The Hall–Kier alpha value is -1.86. The third-order valence-electron chi connectivity index (χ3n) is 3.20. The van der Waals surface area contributed by atoms with Crippen LogP contribution in [0.3, 0.4) is 0 Å². The zero-order valence-electron chi connectivity index (χ0n) is 13.0. The molecule has 0 unspecified atom stereocenters. The predicted octanol–water partition coefficient (Wildman–Crippen LogP) is 3.39. The number of halogens is 1. The number of hydrogen-bond donors (Lipinski definition) is 1. The number of benzene rings is 2. The lowest BCUT2D eigenvalue weighted by Gasteiger charge is -2.08. The van der Waals surface area contributed by atoms with Gasteiger partial charge in [0.15, 0.2) is 0 Å². The molecule has 0 amide bonds. The van der Waals surface area contributed by atoms with Gasteiger partial charge in [0.05, 0.1) is 18.2 Å². The first-order valence-corrected chi connectivity index (χ1v) is 9.07. The van der Waals surface area contributed by atoms with Gasteiger partial charge in [0, 0.05) is 10.0 Å². The van der Waals surface area contributed by atoms with Crippen molar-refractivity contribution < 1.29 is 13.2 Å². The molecular formula is C16H17BrN2O3S. The lowest BCUT2D eigenvalue weighted by atomic mass is 10.2. The van der Waals surface area contributed by atoms with Crippen molar-refractivity contribution in [1.82, 2.24) is 4.83 Å². The normalized spacial score (nSPS) is 11.7. The summed E-state index contributed by atoms with van der Waals surface area (Å²) in [5.41, 5.74) is 2.19. The van der Waals surface area contributed by atoms with E-state index < -0.39 is 10.0 Å². The Bertz CT molecular complexity index is 848. The van der Waals surface area contributed by atoms with Crippen LogP contribution < -0.4 is 9.57 Å².